The molecule has 4 aromatic rings. The van der Waals surface area contributed by atoms with E-state index in [1.165, 1.54) is 25.7 Å². The molecule has 0 bridgehead atoms. The largest absolute Gasteiger partial charge is 0.493 e. The third-order valence-electron chi connectivity index (χ3n) is 6.27. The maximum atomic E-state index is 14.6. The van der Waals surface area contributed by atoms with Crippen LogP contribution >= 0.6 is 11.6 Å². The number of nitrogens with one attached hydrogen (secondary N) is 2. The van der Waals surface area contributed by atoms with Crippen molar-refractivity contribution < 1.29 is 18.7 Å². The molecule has 0 spiro atoms. The van der Waals surface area contributed by atoms with Gasteiger partial charge in [-0.15, -0.1) is 0 Å². The number of nitrogen functional groups attached to an aromatic ring is 1. The van der Waals surface area contributed by atoms with Gasteiger partial charge in [0.15, 0.2) is 22.9 Å². The van der Waals surface area contributed by atoms with Crippen LogP contribution in [0.3, 0.4) is 0 Å². The van der Waals surface area contributed by atoms with Gasteiger partial charge in [0.2, 0.25) is 5.78 Å². The van der Waals surface area contributed by atoms with Crippen LogP contribution in [0.1, 0.15) is 23.2 Å². The fourth-order valence-electron chi connectivity index (χ4n) is 4.40. The van der Waals surface area contributed by atoms with E-state index in [1.54, 1.807) is 36.4 Å². The molecule has 1 aliphatic rings. The molecule has 2 aromatic carbocycles. The molecule has 37 heavy (non-hydrogen) atoms. The third kappa shape index (κ3) is 4.73. The second-order valence-electron chi connectivity index (χ2n) is 8.61. The van der Waals surface area contributed by atoms with Crippen molar-refractivity contribution in [3.8, 4) is 11.5 Å². The van der Waals surface area contributed by atoms with E-state index < -0.39 is 11.4 Å². The van der Waals surface area contributed by atoms with Gasteiger partial charge in [-0.2, -0.15) is 0 Å². The summed E-state index contributed by atoms with van der Waals surface area (Å²) in [7, 11) is 1.50. The standard InChI is InChI=1S/C26H24ClFN6O3/c1-36-20-12-19-16(25(33-14-32-19)34-18-7-2-6-17(27)22(18)28)11-21(20)37-26(8-4-9-30-13-26)23(35)15-5-3-10-31-24(15)29/h2-3,5-7,10-12,14,30H,4,8-9,13H2,1H3,(H2,29,31)(H,32,33,34)/t26-/m1/s1. The first-order chi connectivity index (χ1) is 17.9. The molecule has 190 valence electrons. The third-order valence-corrected chi connectivity index (χ3v) is 6.56. The number of hydrogen-bond acceptors (Lipinski definition) is 9. The van der Waals surface area contributed by atoms with Gasteiger partial charge in [-0.05, 0) is 49.7 Å². The number of methoxy groups -OCH3 is 1. The van der Waals surface area contributed by atoms with Crippen molar-refractivity contribution in [3.63, 3.8) is 0 Å². The number of Topliss-reactive ketones (excluding diaryl/α,β-unsaturated/α-hetero) is 1. The number of nitrogens with zero attached hydrogens (tertiary/aromatic N) is 3. The number of anilines is 3. The SMILES string of the molecule is COc1cc2ncnc(Nc3cccc(Cl)c3F)c2cc1O[C@]1(C(=O)c2cccnc2N)CCCNC1. The van der Waals surface area contributed by atoms with Crippen LogP contribution in [0.4, 0.5) is 21.7 Å². The lowest BCUT2D eigenvalue weighted by molar-refractivity contribution is 0.0323. The van der Waals surface area contributed by atoms with Gasteiger partial charge in [0, 0.05) is 24.2 Å². The highest BCUT2D eigenvalue weighted by Gasteiger charge is 2.44. The summed E-state index contributed by atoms with van der Waals surface area (Å²) in [6, 6.07) is 11.3. The number of carbonyl (C=O) groups excluding carboxylic acids is 1. The molecule has 0 aliphatic carbocycles. The minimum absolute atomic E-state index is 0.0195. The Kier molecular flexibility index (Phi) is 6.77. The average Bonchev–Trinajstić information content (AvgIpc) is 2.91. The summed E-state index contributed by atoms with van der Waals surface area (Å²) in [4.78, 5) is 26.5. The lowest BCUT2D eigenvalue weighted by atomic mass is 9.85. The van der Waals surface area contributed by atoms with Crippen LogP contribution < -0.4 is 25.8 Å². The van der Waals surface area contributed by atoms with Gasteiger partial charge in [0.05, 0.1) is 28.9 Å². The molecule has 2 aromatic heterocycles. The van der Waals surface area contributed by atoms with Gasteiger partial charge in [0.25, 0.3) is 0 Å². The first-order valence-electron chi connectivity index (χ1n) is 11.6. The Balaban J connectivity index is 1.59. The van der Waals surface area contributed by atoms with E-state index in [9.17, 15) is 9.18 Å². The number of hydrogen-bond donors (Lipinski definition) is 3. The van der Waals surface area contributed by atoms with Crippen LogP contribution in [-0.4, -0.2) is 46.5 Å². The van der Waals surface area contributed by atoms with Gasteiger partial charge in [0.1, 0.15) is 18.0 Å². The van der Waals surface area contributed by atoms with Crippen molar-refractivity contribution in [2.24, 2.45) is 0 Å². The molecular formula is C26H24ClFN6O3. The van der Waals surface area contributed by atoms with Crippen LogP contribution in [0.5, 0.6) is 11.5 Å². The summed E-state index contributed by atoms with van der Waals surface area (Å²) in [5, 5.41) is 6.75. The fraction of sp³-hybridized carbons (Fsp3) is 0.231. The summed E-state index contributed by atoms with van der Waals surface area (Å²) < 4.78 is 26.7. The first kappa shape index (κ1) is 24.7. The van der Waals surface area contributed by atoms with Crippen molar-refractivity contribution in [2.45, 2.75) is 18.4 Å². The van der Waals surface area contributed by atoms with E-state index in [2.05, 4.69) is 25.6 Å². The number of aromatic nitrogens is 3. The zero-order chi connectivity index (χ0) is 26.0. The first-order valence-corrected chi connectivity index (χ1v) is 12.0. The number of rotatable bonds is 7. The van der Waals surface area contributed by atoms with Crippen molar-refractivity contribution in [1.82, 2.24) is 20.3 Å². The molecule has 5 rings (SSSR count). The molecule has 9 nitrogen and oxygen atoms in total. The maximum Gasteiger partial charge on any atom is 0.211 e. The predicted octanol–water partition coefficient (Wildman–Crippen LogP) is 4.54. The number of piperidine rings is 1. The molecule has 1 aliphatic heterocycles. The van der Waals surface area contributed by atoms with Crippen molar-refractivity contribution >= 4 is 45.6 Å². The number of nitrogens with two attached hydrogens (primary N) is 1. The molecule has 11 heteroatoms. The monoisotopic (exact) mass is 522 g/mol. The highest BCUT2D eigenvalue weighted by molar-refractivity contribution is 6.31. The summed E-state index contributed by atoms with van der Waals surface area (Å²) >= 11 is 5.94. The Labute approximate surface area is 217 Å². The molecule has 1 saturated heterocycles. The number of fused-ring (bicyclic) bond motifs is 1. The van der Waals surface area contributed by atoms with Crippen LogP contribution in [0.15, 0.2) is 55.0 Å². The predicted molar refractivity (Wildman–Crippen MR) is 139 cm³/mol. The summed E-state index contributed by atoms with van der Waals surface area (Å²) in [5.74, 6) is 0.262. The Morgan fingerprint density at radius 2 is 2.05 bits per heavy atom. The van der Waals surface area contributed by atoms with Crippen molar-refractivity contribution in [2.75, 3.05) is 31.2 Å². The van der Waals surface area contributed by atoms with E-state index in [-0.39, 0.29) is 34.4 Å². The van der Waals surface area contributed by atoms with Crippen molar-refractivity contribution in [1.29, 1.82) is 0 Å². The fourth-order valence-corrected chi connectivity index (χ4v) is 4.58. The van der Waals surface area contributed by atoms with Gasteiger partial charge >= 0.3 is 0 Å². The molecule has 0 saturated carbocycles. The lowest BCUT2D eigenvalue weighted by Gasteiger charge is -2.37. The molecule has 0 radical (unpaired) electrons. The molecular weight excluding hydrogens is 499 g/mol. The number of halogens is 2. The molecule has 0 unspecified atom stereocenters. The Bertz CT molecular complexity index is 1480. The minimum atomic E-state index is -1.25. The molecule has 1 atom stereocenters. The molecule has 1 fully saturated rings. The normalized spacial score (nSPS) is 17.4. The zero-order valence-electron chi connectivity index (χ0n) is 19.9. The van der Waals surface area contributed by atoms with Gasteiger partial charge in [-0.3, -0.25) is 4.79 Å². The molecule has 3 heterocycles. The summed E-state index contributed by atoms with van der Waals surface area (Å²) in [5.41, 5.74) is 5.75. The van der Waals surface area contributed by atoms with Crippen LogP contribution in [0, 0.1) is 5.82 Å². The smallest absolute Gasteiger partial charge is 0.211 e. The number of benzene rings is 2. The van der Waals surface area contributed by atoms with E-state index in [1.807, 2.05) is 0 Å². The zero-order valence-corrected chi connectivity index (χ0v) is 20.7. The van der Waals surface area contributed by atoms with Gasteiger partial charge in [-0.1, -0.05) is 17.7 Å². The highest BCUT2D eigenvalue weighted by atomic mass is 35.5. The van der Waals surface area contributed by atoms with E-state index in [0.29, 0.717) is 41.1 Å². The quantitative estimate of drug-likeness (QED) is 0.300. The van der Waals surface area contributed by atoms with Crippen molar-refractivity contribution in [3.05, 3.63) is 71.4 Å². The number of ketones is 1. The maximum absolute atomic E-state index is 14.6. The molecule has 4 N–H and O–H groups in total. The topological polar surface area (TPSA) is 124 Å². The highest BCUT2D eigenvalue weighted by Crippen LogP contribution is 2.39. The van der Waals surface area contributed by atoms with Crippen LogP contribution in [-0.2, 0) is 0 Å². The number of pyridine rings is 1. The number of carbonyl (C=O) groups is 1. The molecule has 0 amide bonds. The van der Waals surface area contributed by atoms with Crippen LogP contribution in [0.2, 0.25) is 5.02 Å². The van der Waals surface area contributed by atoms with E-state index in [0.717, 1.165) is 6.54 Å². The minimum Gasteiger partial charge on any atom is -0.493 e. The van der Waals surface area contributed by atoms with Gasteiger partial charge in [-0.25, -0.2) is 19.3 Å². The van der Waals surface area contributed by atoms with E-state index in [4.69, 9.17) is 26.8 Å². The second-order valence-corrected chi connectivity index (χ2v) is 9.02. The van der Waals surface area contributed by atoms with Gasteiger partial charge < -0.3 is 25.8 Å². The number of ether oxygens (including phenoxy) is 2. The Morgan fingerprint density at radius 1 is 1.19 bits per heavy atom. The summed E-state index contributed by atoms with van der Waals surface area (Å²) in [6.45, 7) is 1.02. The second kappa shape index (κ2) is 10.2. The Hall–Kier alpha value is -4.02. The van der Waals surface area contributed by atoms with Crippen LogP contribution in [0.25, 0.3) is 10.9 Å². The Morgan fingerprint density at radius 3 is 2.81 bits per heavy atom. The lowest BCUT2D eigenvalue weighted by Crippen LogP contribution is -2.55. The summed E-state index contributed by atoms with van der Waals surface area (Å²) in [6.07, 6.45) is 4.06. The van der Waals surface area contributed by atoms with E-state index >= 15 is 0 Å². The average molecular weight is 523 g/mol.